The van der Waals surface area contributed by atoms with Crippen molar-refractivity contribution in [3.05, 3.63) is 42.5 Å². The minimum atomic E-state index is -0.491. The number of hydrogen-bond donors (Lipinski definition) is 3. The average molecular weight is 274 g/mol. The van der Waals surface area contributed by atoms with Crippen molar-refractivity contribution in [1.29, 1.82) is 0 Å². The van der Waals surface area contributed by atoms with Gasteiger partial charge in [-0.25, -0.2) is 0 Å². The second-order valence-electron chi connectivity index (χ2n) is 5.30. The average Bonchev–Trinajstić information content (AvgIpc) is 3.14. The molecular weight excluding hydrogens is 256 g/mol. The second kappa shape index (κ2) is 5.50. The molecule has 0 aliphatic heterocycles. The number of amides is 1. The lowest BCUT2D eigenvalue weighted by Crippen LogP contribution is -2.40. The van der Waals surface area contributed by atoms with Crippen molar-refractivity contribution < 1.29 is 9.90 Å². The molecule has 1 aliphatic carbocycles. The molecule has 0 saturated heterocycles. The van der Waals surface area contributed by atoms with E-state index >= 15 is 0 Å². The molecule has 1 unspecified atom stereocenters. The molecule has 6 nitrogen and oxygen atoms in total. The predicted octanol–water partition coefficient (Wildman–Crippen LogP) is 0.781. The molecule has 3 N–H and O–H groups in total. The Morgan fingerprint density at radius 1 is 1.50 bits per heavy atom. The van der Waals surface area contributed by atoms with E-state index in [1.807, 2.05) is 16.9 Å². The van der Waals surface area contributed by atoms with Crippen molar-refractivity contribution in [2.24, 2.45) is 5.92 Å². The zero-order chi connectivity index (χ0) is 13.9. The quantitative estimate of drug-likeness (QED) is 0.770. The lowest BCUT2D eigenvalue weighted by Gasteiger charge is -2.15. The molecule has 20 heavy (non-hydrogen) atoms. The molecule has 0 radical (unpaired) electrons. The van der Waals surface area contributed by atoms with Crippen molar-refractivity contribution in [3.8, 4) is 0 Å². The number of carbonyl (C=O) groups excluding carboxylic acids is 1. The van der Waals surface area contributed by atoms with Crippen LogP contribution in [0.5, 0.6) is 0 Å². The van der Waals surface area contributed by atoms with E-state index in [1.165, 1.54) is 0 Å². The highest BCUT2D eigenvalue weighted by atomic mass is 16.3. The van der Waals surface area contributed by atoms with Gasteiger partial charge in [-0.3, -0.25) is 9.48 Å². The van der Waals surface area contributed by atoms with Crippen LogP contribution in [0.1, 0.15) is 23.3 Å². The van der Waals surface area contributed by atoms with Crippen LogP contribution in [0.15, 0.2) is 36.8 Å². The van der Waals surface area contributed by atoms with Crippen LogP contribution in [-0.2, 0) is 6.54 Å². The zero-order valence-electron chi connectivity index (χ0n) is 11.1. The number of carbonyl (C=O) groups is 1. The molecule has 106 valence electrons. The van der Waals surface area contributed by atoms with Crippen LogP contribution in [0.3, 0.4) is 0 Å². The first kappa shape index (κ1) is 12.9. The minimum Gasteiger partial charge on any atom is -0.391 e. The van der Waals surface area contributed by atoms with Crippen LogP contribution in [0.4, 0.5) is 0 Å². The maximum atomic E-state index is 12.0. The first-order valence-corrected chi connectivity index (χ1v) is 6.82. The fourth-order valence-electron chi connectivity index (χ4n) is 2.81. The molecule has 1 saturated carbocycles. The number of aromatic nitrogens is 3. The highest BCUT2D eigenvalue weighted by molar-refractivity contribution is 5.92. The fourth-order valence-corrected chi connectivity index (χ4v) is 2.81. The highest BCUT2D eigenvalue weighted by Crippen LogP contribution is 2.27. The minimum absolute atomic E-state index is 0.168. The number of H-pyrrole nitrogens is 1. The smallest absolute Gasteiger partial charge is 0.267 e. The Labute approximate surface area is 116 Å². The van der Waals surface area contributed by atoms with Crippen molar-refractivity contribution in [2.45, 2.75) is 31.5 Å². The number of nitrogens with zero attached hydrogens (tertiary/aromatic N) is 2. The summed E-state index contributed by atoms with van der Waals surface area (Å²) in [6.07, 6.45) is 6.34. The summed E-state index contributed by atoms with van der Waals surface area (Å²) in [5, 5.41) is 17.1. The Bertz CT molecular complexity index is 550. The van der Waals surface area contributed by atoms with Gasteiger partial charge in [-0.1, -0.05) is 0 Å². The second-order valence-corrected chi connectivity index (χ2v) is 5.30. The molecule has 0 bridgehead atoms. The van der Waals surface area contributed by atoms with Crippen LogP contribution in [-0.4, -0.2) is 37.9 Å². The molecule has 0 spiro atoms. The summed E-state index contributed by atoms with van der Waals surface area (Å²) in [5.74, 6) is 0.164. The first-order valence-electron chi connectivity index (χ1n) is 6.82. The normalized spacial score (nSPS) is 25.8. The van der Waals surface area contributed by atoms with Crippen LogP contribution in [0.2, 0.25) is 0 Å². The summed E-state index contributed by atoms with van der Waals surface area (Å²) in [4.78, 5) is 14.8. The molecule has 0 aromatic carbocycles. The van der Waals surface area contributed by atoms with Crippen LogP contribution >= 0.6 is 0 Å². The lowest BCUT2D eigenvalue weighted by atomic mass is 10.1. The van der Waals surface area contributed by atoms with Crippen molar-refractivity contribution >= 4 is 5.91 Å². The third-order valence-electron chi connectivity index (χ3n) is 3.79. The maximum absolute atomic E-state index is 12.0. The Hall–Kier alpha value is -2.08. The van der Waals surface area contributed by atoms with Crippen molar-refractivity contribution in [2.75, 3.05) is 0 Å². The lowest BCUT2D eigenvalue weighted by molar-refractivity contribution is 0.0868. The standard InChI is InChI=1S/C14H18N4O2/c19-13-8-10(9-18-6-2-5-16-18)7-12(13)17-14(20)11-3-1-4-15-11/h1-6,10,12-13,15,19H,7-9H2,(H,17,20)/t10?,12-,13-/m1/s1. The predicted molar refractivity (Wildman–Crippen MR) is 73.0 cm³/mol. The summed E-state index contributed by atoms with van der Waals surface area (Å²) >= 11 is 0. The van der Waals surface area contributed by atoms with Gasteiger partial charge in [0.25, 0.3) is 5.91 Å². The van der Waals surface area contributed by atoms with Crippen molar-refractivity contribution in [1.82, 2.24) is 20.1 Å². The van der Waals surface area contributed by atoms with E-state index in [-0.39, 0.29) is 11.9 Å². The van der Waals surface area contributed by atoms with Gasteiger partial charge in [0.2, 0.25) is 0 Å². The number of aromatic amines is 1. The van der Waals surface area contributed by atoms with Gasteiger partial charge in [-0.2, -0.15) is 5.10 Å². The molecule has 1 aliphatic rings. The van der Waals surface area contributed by atoms with Gasteiger partial charge in [0.15, 0.2) is 0 Å². The Morgan fingerprint density at radius 2 is 2.40 bits per heavy atom. The molecule has 1 fully saturated rings. The van der Waals surface area contributed by atoms with Gasteiger partial charge in [0, 0.05) is 25.1 Å². The molecule has 2 aromatic rings. The Balaban J connectivity index is 1.57. The van der Waals surface area contributed by atoms with E-state index in [1.54, 1.807) is 24.5 Å². The van der Waals surface area contributed by atoms with Gasteiger partial charge < -0.3 is 15.4 Å². The Kier molecular flexibility index (Phi) is 3.56. The first-order chi connectivity index (χ1) is 9.72. The SMILES string of the molecule is O=C(N[C@@H]1CC(Cn2cccn2)C[C@H]1O)c1ccc[nH]1. The number of hydrogen-bond acceptors (Lipinski definition) is 3. The van der Waals surface area contributed by atoms with Crippen LogP contribution in [0, 0.1) is 5.92 Å². The van der Waals surface area contributed by atoms with Crippen LogP contribution < -0.4 is 5.32 Å². The van der Waals surface area contributed by atoms with E-state index in [0.717, 1.165) is 13.0 Å². The molecule has 2 heterocycles. The van der Waals surface area contributed by atoms with Gasteiger partial charge in [-0.05, 0) is 37.0 Å². The van der Waals surface area contributed by atoms with Gasteiger partial charge >= 0.3 is 0 Å². The molecule has 6 heteroatoms. The third-order valence-corrected chi connectivity index (χ3v) is 3.79. The molecule has 3 atom stereocenters. The van der Waals surface area contributed by atoms with Gasteiger partial charge in [-0.15, -0.1) is 0 Å². The topological polar surface area (TPSA) is 82.9 Å². The van der Waals surface area contributed by atoms with E-state index in [9.17, 15) is 9.90 Å². The number of aliphatic hydroxyl groups excluding tert-OH is 1. The maximum Gasteiger partial charge on any atom is 0.267 e. The summed E-state index contributed by atoms with van der Waals surface area (Å²) in [6.45, 7) is 0.777. The zero-order valence-corrected chi connectivity index (χ0v) is 11.1. The number of nitrogens with one attached hydrogen (secondary N) is 2. The molecule has 3 rings (SSSR count). The summed E-state index contributed by atoms with van der Waals surface area (Å²) in [5.41, 5.74) is 0.521. The molecular formula is C14H18N4O2. The van der Waals surface area contributed by atoms with Crippen molar-refractivity contribution in [3.63, 3.8) is 0 Å². The summed E-state index contributed by atoms with van der Waals surface area (Å²) in [7, 11) is 0. The van der Waals surface area contributed by atoms with E-state index in [0.29, 0.717) is 18.0 Å². The van der Waals surface area contributed by atoms with Gasteiger partial charge in [0.1, 0.15) is 5.69 Å². The largest absolute Gasteiger partial charge is 0.391 e. The van der Waals surface area contributed by atoms with E-state index in [4.69, 9.17) is 0 Å². The fraction of sp³-hybridized carbons (Fsp3) is 0.429. The molecule has 1 amide bonds. The summed E-state index contributed by atoms with van der Waals surface area (Å²) in [6, 6.07) is 5.19. The highest BCUT2D eigenvalue weighted by Gasteiger charge is 2.34. The van der Waals surface area contributed by atoms with E-state index in [2.05, 4.69) is 15.4 Å². The summed E-state index contributed by atoms with van der Waals surface area (Å²) < 4.78 is 1.87. The van der Waals surface area contributed by atoms with Gasteiger partial charge in [0.05, 0.1) is 12.1 Å². The van der Waals surface area contributed by atoms with Crippen LogP contribution in [0.25, 0.3) is 0 Å². The number of aliphatic hydroxyl groups is 1. The Morgan fingerprint density at radius 3 is 3.10 bits per heavy atom. The van der Waals surface area contributed by atoms with E-state index < -0.39 is 6.10 Å². The monoisotopic (exact) mass is 274 g/mol. The number of rotatable bonds is 4. The third kappa shape index (κ3) is 2.75. The molecule has 2 aromatic heterocycles.